The number of aromatic nitrogens is 1. The third-order valence-corrected chi connectivity index (χ3v) is 3.66. The first kappa shape index (κ1) is 18.4. The quantitative estimate of drug-likeness (QED) is 0.600. The second-order valence-electron chi connectivity index (χ2n) is 6.11. The molecule has 0 bridgehead atoms. The monoisotopic (exact) mass is 340 g/mol. The average Bonchev–Trinajstić information content (AvgIpc) is 2.61. The van der Waals surface area contributed by atoms with Gasteiger partial charge in [-0.05, 0) is 37.1 Å². The van der Waals surface area contributed by atoms with E-state index in [1.54, 1.807) is 36.7 Å². The van der Waals surface area contributed by atoms with Crippen LogP contribution >= 0.6 is 0 Å². The van der Waals surface area contributed by atoms with Gasteiger partial charge in [0.1, 0.15) is 5.75 Å². The van der Waals surface area contributed by atoms with Crippen LogP contribution in [-0.4, -0.2) is 35.3 Å². The largest absolute Gasteiger partial charge is 0.507 e. The third-order valence-electron chi connectivity index (χ3n) is 3.66. The Bertz CT molecular complexity index is 729. The van der Waals surface area contributed by atoms with E-state index in [1.165, 1.54) is 6.21 Å². The molecule has 25 heavy (non-hydrogen) atoms. The number of carbonyl (C=O) groups excluding carboxylic acids is 1. The molecular formula is C19H24N4O2. The van der Waals surface area contributed by atoms with Crippen molar-refractivity contribution < 1.29 is 9.90 Å². The topological polar surface area (TPSA) is 77.8 Å². The first-order chi connectivity index (χ1) is 12.0. The van der Waals surface area contributed by atoms with Gasteiger partial charge < -0.3 is 10.0 Å². The van der Waals surface area contributed by atoms with E-state index >= 15 is 0 Å². The minimum Gasteiger partial charge on any atom is -0.507 e. The van der Waals surface area contributed by atoms with Crippen molar-refractivity contribution in [1.82, 2.24) is 10.4 Å². The lowest BCUT2D eigenvalue weighted by Gasteiger charge is -2.25. The van der Waals surface area contributed by atoms with Gasteiger partial charge in [0.2, 0.25) is 0 Å². The van der Waals surface area contributed by atoms with E-state index in [1.807, 2.05) is 6.07 Å². The maximum Gasteiger partial charge on any atom is 0.271 e. The highest BCUT2D eigenvalue weighted by atomic mass is 16.3. The molecule has 6 heteroatoms. The van der Waals surface area contributed by atoms with Crippen molar-refractivity contribution >= 4 is 17.8 Å². The molecule has 2 rings (SSSR count). The summed E-state index contributed by atoms with van der Waals surface area (Å²) in [6.07, 6.45) is 4.51. The summed E-state index contributed by atoms with van der Waals surface area (Å²) >= 11 is 0. The summed E-state index contributed by atoms with van der Waals surface area (Å²) < 4.78 is 0. The number of nitrogens with one attached hydrogen (secondary N) is 1. The van der Waals surface area contributed by atoms with Crippen LogP contribution in [0.15, 0.2) is 47.8 Å². The summed E-state index contributed by atoms with van der Waals surface area (Å²) in [6.45, 7) is 8.20. The minimum absolute atomic E-state index is 0.126. The zero-order valence-electron chi connectivity index (χ0n) is 14.8. The van der Waals surface area contributed by atoms with Gasteiger partial charge in [-0.2, -0.15) is 5.10 Å². The lowest BCUT2D eigenvalue weighted by Crippen LogP contribution is -2.27. The van der Waals surface area contributed by atoms with Gasteiger partial charge in [0.25, 0.3) is 5.91 Å². The van der Waals surface area contributed by atoms with Gasteiger partial charge in [-0.15, -0.1) is 0 Å². The number of pyridine rings is 1. The number of hydrazone groups is 1. The minimum atomic E-state index is -0.330. The number of aromatic hydroxyl groups is 1. The van der Waals surface area contributed by atoms with E-state index < -0.39 is 0 Å². The number of amides is 1. The fraction of sp³-hybridized carbons (Fsp3) is 0.316. The smallest absolute Gasteiger partial charge is 0.271 e. The highest BCUT2D eigenvalue weighted by Crippen LogP contribution is 2.24. The highest BCUT2D eigenvalue weighted by Gasteiger charge is 2.09. The number of phenols is 1. The molecule has 0 aliphatic carbocycles. The van der Waals surface area contributed by atoms with Gasteiger partial charge in [0, 0.05) is 48.4 Å². The third kappa shape index (κ3) is 5.31. The van der Waals surface area contributed by atoms with Gasteiger partial charge >= 0.3 is 0 Å². The Morgan fingerprint density at radius 1 is 1.32 bits per heavy atom. The predicted octanol–water partition coefficient (Wildman–Crippen LogP) is 3.03. The Morgan fingerprint density at radius 3 is 2.64 bits per heavy atom. The van der Waals surface area contributed by atoms with E-state index in [0.717, 1.165) is 18.8 Å². The van der Waals surface area contributed by atoms with Crippen molar-refractivity contribution in [2.75, 3.05) is 18.0 Å². The molecule has 0 aliphatic rings. The highest BCUT2D eigenvalue weighted by molar-refractivity contribution is 5.95. The Morgan fingerprint density at radius 2 is 2.04 bits per heavy atom. The Hall–Kier alpha value is -2.89. The number of carbonyl (C=O) groups is 1. The van der Waals surface area contributed by atoms with Gasteiger partial charge in [-0.3, -0.25) is 9.78 Å². The lowest BCUT2D eigenvalue weighted by molar-refractivity contribution is 0.0955. The van der Waals surface area contributed by atoms with Crippen molar-refractivity contribution in [3.8, 4) is 5.75 Å². The molecule has 2 aromatic rings. The molecule has 0 fully saturated rings. The molecule has 0 spiro atoms. The number of benzene rings is 1. The van der Waals surface area contributed by atoms with E-state index in [0.29, 0.717) is 17.0 Å². The zero-order valence-corrected chi connectivity index (χ0v) is 14.8. The maximum absolute atomic E-state index is 11.9. The molecule has 1 heterocycles. The Kier molecular flexibility index (Phi) is 6.51. The molecule has 6 nitrogen and oxygen atoms in total. The average molecular weight is 340 g/mol. The molecule has 1 amide bonds. The number of anilines is 1. The van der Waals surface area contributed by atoms with Gasteiger partial charge in [-0.25, -0.2) is 5.43 Å². The molecule has 0 saturated carbocycles. The fourth-order valence-electron chi connectivity index (χ4n) is 2.42. The maximum atomic E-state index is 11.9. The van der Waals surface area contributed by atoms with Crippen LogP contribution in [0, 0.1) is 5.92 Å². The van der Waals surface area contributed by atoms with E-state index in [-0.39, 0.29) is 11.7 Å². The molecular weight excluding hydrogens is 316 g/mol. The van der Waals surface area contributed by atoms with Crippen molar-refractivity contribution in [1.29, 1.82) is 0 Å². The van der Waals surface area contributed by atoms with Crippen molar-refractivity contribution in [2.24, 2.45) is 11.0 Å². The number of hydrogen-bond acceptors (Lipinski definition) is 5. The van der Waals surface area contributed by atoms with Crippen LogP contribution in [0.3, 0.4) is 0 Å². The summed E-state index contributed by atoms with van der Waals surface area (Å²) in [6, 6.07) is 8.65. The molecule has 0 radical (unpaired) electrons. The van der Waals surface area contributed by atoms with Crippen LogP contribution in [0.1, 0.15) is 36.7 Å². The predicted molar refractivity (Wildman–Crippen MR) is 100 cm³/mol. The van der Waals surface area contributed by atoms with Crippen molar-refractivity contribution in [3.63, 3.8) is 0 Å². The molecule has 2 N–H and O–H groups in total. The SMILES string of the molecule is CCN(CC(C)C)c1ccc(C=NNC(=O)c2ccncc2)c(O)c1. The molecule has 0 aliphatic heterocycles. The number of nitrogens with zero attached hydrogens (tertiary/aromatic N) is 3. The van der Waals surface area contributed by atoms with Gasteiger partial charge in [0.15, 0.2) is 0 Å². The second kappa shape index (κ2) is 8.82. The summed E-state index contributed by atoms with van der Waals surface area (Å²) in [7, 11) is 0. The van der Waals surface area contributed by atoms with Gasteiger partial charge in [-0.1, -0.05) is 13.8 Å². The molecule has 1 aromatic carbocycles. The number of phenolic OH excluding ortho intramolecular Hbond substituents is 1. The van der Waals surface area contributed by atoms with E-state index in [2.05, 4.69) is 41.2 Å². The molecule has 0 saturated heterocycles. The Labute approximate surface area is 148 Å². The van der Waals surface area contributed by atoms with Crippen LogP contribution in [0.2, 0.25) is 0 Å². The van der Waals surface area contributed by atoms with E-state index in [9.17, 15) is 9.90 Å². The van der Waals surface area contributed by atoms with E-state index in [4.69, 9.17) is 0 Å². The van der Waals surface area contributed by atoms with Crippen LogP contribution in [0.5, 0.6) is 5.75 Å². The summed E-state index contributed by atoms with van der Waals surface area (Å²) in [5.41, 5.74) is 4.41. The zero-order chi connectivity index (χ0) is 18.2. The fourth-order valence-corrected chi connectivity index (χ4v) is 2.42. The lowest BCUT2D eigenvalue weighted by atomic mass is 10.1. The summed E-state index contributed by atoms with van der Waals surface area (Å²) in [5, 5.41) is 14.1. The van der Waals surface area contributed by atoms with Crippen LogP contribution in [-0.2, 0) is 0 Å². The number of rotatable bonds is 7. The second-order valence-corrected chi connectivity index (χ2v) is 6.11. The molecule has 0 atom stereocenters. The van der Waals surface area contributed by atoms with Crippen LogP contribution in [0.25, 0.3) is 0 Å². The standard InChI is InChI=1S/C19H24N4O2/c1-4-23(13-14(2)3)17-6-5-16(18(24)11-17)12-21-22-19(25)15-7-9-20-10-8-15/h5-12,14,24H,4,13H2,1-3H3,(H,22,25). The summed E-state index contributed by atoms with van der Waals surface area (Å²) in [4.78, 5) is 17.9. The van der Waals surface area contributed by atoms with Crippen molar-refractivity contribution in [2.45, 2.75) is 20.8 Å². The number of hydrogen-bond donors (Lipinski definition) is 2. The van der Waals surface area contributed by atoms with Crippen LogP contribution in [0.4, 0.5) is 5.69 Å². The molecule has 0 unspecified atom stereocenters. The molecule has 132 valence electrons. The first-order valence-corrected chi connectivity index (χ1v) is 8.32. The normalized spacial score (nSPS) is 11.0. The Balaban J connectivity index is 2.04. The first-order valence-electron chi connectivity index (χ1n) is 8.32. The van der Waals surface area contributed by atoms with Crippen molar-refractivity contribution in [3.05, 3.63) is 53.9 Å². The van der Waals surface area contributed by atoms with Crippen LogP contribution < -0.4 is 10.3 Å². The van der Waals surface area contributed by atoms with Gasteiger partial charge in [0.05, 0.1) is 6.21 Å². The molecule has 1 aromatic heterocycles. The summed E-state index contributed by atoms with van der Waals surface area (Å²) in [5.74, 6) is 0.331.